The van der Waals surface area contributed by atoms with Crippen LogP contribution in [0.5, 0.6) is 5.75 Å². The number of nitrogens with two attached hydrogens (primary N) is 1. The first-order valence-corrected chi connectivity index (χ1v) is 12.9. The highest BCUT2D eigenvalue weighted by Gasteiger charge is 2.64. The molecule has 3 aliphatic carbocycles. The zero-order valence-corrected chi connectivity index (χ0v) is 21.4. The fraction of sp³-hybridized carbons (Fsp3) is 0.440. The van der Waals surface area contributed by atoms with Crippen LogP contribution < -0.4 is 11.1 Å². The summed E-state index contributed by atoms with van der Waals surface area (Å²) in [4.78, 5) is 50.8. The number of aromatic hydroxyl groups is 1. The van der Waals surface area contributed by atoms with Crippen molar-refractivity contribution in [1.82, 2.24) is 0 Å². The average molecular weight is 579 g/mol. The number of phenols is 1. The fourth-order valence-corrected chi connectivity index (χ4v) is 6.09. The molecule has 0 bridgehead atoms. The monoisotopic (exact) mass is 578 g/mol. The first-order chi connectivity index (χ1) is 17.4. The smallest absolute Gasteiger partial charge is 0.255 e. The second-order valence-electron chi connectivity index (χ2n) is 9.61. The number of rotatable bonds is 6. The minimum atomic E-state index is -2.90. The van der Waals surface area contributed by atoms with Crippen molar-refractivity contribution in [2.45, 2.75) is 50.2 Å². The molecule has 198 valence electrons. The summed E-state index contributed by atoms with van der Waals surface area (Å²) < 4.78 is 0. The van der Waals surface area contributed by atoms with Crippen molar-refractivity contribution in [3.05, 3.63) is 45.9 Å². The number of ketones is 2. The van der Waals surface area contributed by atoms with E-state index in [4.69, 9.17) is 5.73 Å². The number of aliphatic hydroxyl groups is 4. The van der Waals surface area contributed by atoms with Crippen LogP contribution in [0.3, 0.4) is 0 Å². The number of carbonyl (C=O) groups excluding carboxylic acids is 4. The zero-order chi connectivity index (χ0) is 27.4. The van der Waals surface area contributed by atoms with E-state index in [1.54, 1.807) is 6.92 Å². The number of halogens is 1. The first-order valence-electron chi connectivity index (χ1n) is 11.7. The molecule has 4 rings (SSSR count). The van der Waals surface area contributed by atoms with Crippen LogP contribution in [-0.4, -0.2) is 65.9 Å². The van der Waals surface area contributed by atoms with Crippen LogP contribution in [0.1, 0.15) is 54.4 Å². The highest BCUT2D eigenvalue weighted by atomic mass is 79.9. The minimum Gasteiger partial charge on any atom is -0.511 e. The lowest BCUT2D eigenvalue weighted by Gasteiger charge is -2.50. The molecule has 1 aromatic carbocycles. The third-order valence-corrected chi connectivity index (χ3v) is 8.12. The molecule has 0 aliphatic heterocycles. The Morgan fingerprint density at radius 1 is 1.19 bits per heavy atom. The molecule has 8 N–H and O–H groups in total. The lowest BCUT2D eigenvalue weighted by molar-refractivity contribution is -0.154. The highest BCUT2D eigenvalue weighted by Crippen LogP contribution is 2.55. The molecule has 11 nitrogen and oxygen atoms in total. The number of Topliss-reactive ketones (excluding diaryl/α,β-unsaturated/α-hetero) is 2. The van der Waals surface area contributed by atoms with Gasteiger partial charge in [0.05, 0.1) is 17.4 Å². The normalized spacial score (nSPS) is 29.0. The summed E-state index contributed by atoms with van der Waals surface area (Å²) >= 11 is 3.28. The molecule has 37 heavy (non-hydrogen) atoms. The van der Waals surface area contributed by atoms with E-state index in [0.29, 0.717) is 12.0 Å². The molecule has 0 saturated carbocycles. The number of hydrogen-bond donors (Lipinski definition) is 7. The van der Waals surface area contributed by atoms with Gasteiger partial charge in [-0.3, -0.25) is 19.2 Å². The summed E-state index contributed by atoms with van der Waals surface area (Å²) in [7, 11) is 0. The quantitative estimate of drug-likeness (QED) is 0.113. The van der Waals surface area contributed by atoms with Gasteiger partial charge in [0.1, 0.15) is 17.1 Å². The summed E-state index contributed by atoms with van der Waals surface area (Å²) in [5.74, 6) is -9.75. The fourth-order valence-electron chi connectivity index (χ4n) is 5.69. The molecule has 12 heteroatoms. The van der Waals surface area contributed by atoms with E-state index >= 15 is 0 Å². The average Bonchev–Trinajstić information content (AvgIpc) is 2.83. The van der Waals surface area contributed by atoms with Gasteiger partial charge >= 0.3 is 0 Å². The van der Waals surface area contributed by atoms with Gasteiger partial charge in [-0.2, -0.15) is 0 Å². The van der Waals surface area contributed by atoms with E-state index in [-0.39, 0.29) is 23.6 Å². The standard InChI is InChI=1S/C25H27BrN2O9/c1-9-10-5-6-12(28-14(30)4-2-3-7-26)20(32)16(10)21(33)18-15(9)19(31)11-8-13(29)17(24(27)36)22(34)25(11,37)23(18)35/h5-6,9,11,15,19,29,31-32,35,37H,2-4,7-8H2,1H3,(H2,27,36)(H,28,30)/t9-,11?,15?,19+,25+/m0/s1. The molecule has 1 aromatic rings. The van der Waals surface area contributed by atoms with Crippen LogP contribution >= 0.6 is 15.9 Å². The predicted molar refractivity (Wildman–Crippen MR) is 133 cm³/mol. The number of unbranched alkanes of at least 4 members (excludes halogenated alkanes) is 1. The molecular weight excluding hydrogens is 552 g/mol. The van der Waals surface area contributed by atoms with E-state index in [2.05, 4.69) is 21.2 Å². The van der Waals surface area contributed by atoms with Crippen molar-refractivity contribution in [2.24, 2.45) is 17.6 Å². The van der Waals surface area contributed by atoms with Gasteiger partial charge in [0.2, 0.25) is 11.7 Å². The van der Waals surface area contributed by atoms with Crippen LogP contribution in [0.2, 0.25) is 0 Å². The number of phenolic OH excluding ortho intramolecular Hbond substituents is 1. The number of fused-ring (bicyclic) bond motifs is 3. The number of alkyl halides is 1. The Labute approximate surface area is 219 Å². The third kappa shape index (κ3) is 3.94. The van der Waals surface area contributed by atoms with E-state index in [9.17, 15) is 44.7 Å². The number of aliphatic hydroxyl groups excluding tert-OH is 3. The molecule has 0 fully saturated rings. The van der Waals surface area contributed by atoms with Crippen LogP contribution in [0.15, 0.2) is 34.8 Å². The maximum absolute atomic E-state index is 13.6. The number of allylic oxidation sites excluding steroid dienone is 1. The summed E-state index contributed by atoms with van der Waals surface area (Å²) in [6, 6.07) is 2.94. The summed E-state index contributed by atoms with van der Waals surface area (Å²) in [6.45, 7) is 1.63. The second-order valence-corrected chi connectivity index (χ2v) is 10.4. The number of carbonyl (C=O) groups is 4. The largest absolute Gasteiger partial charge is 0.511 e. The van der Waals surface area contributed by atoms with Crippen molar-refractivity contribution in [2.75, 3.05) is 10.6 Å². The third-order valence-electron chi connectivity index (χ3n) is 7.56. The molecule has 5 atom stereocenters. The number of primary amides is 1. The molecule has 0 spiro atoms. The van der Waals surface area contributed by atoms with Crippen molar-refractivity contribution in [1.29, 1.82) is 0 Å². The van der Waals surface area contributed by atoms with Gasteiger partial charge in [-0.1, -0.05) is 28.9 Å². The Hall–Kier alpha value is -3.22. The molecule has 2 amide bonds. The summed E-state index contributed by atoms with van der Waals surface area (Å²) in [5.41, 5.74) is 0.891. The molecule has 3 aliphatic rings. The Balaban J connectivity index is 1.82. The van der Waals surface area contributed by atoms with Gasteiger partial charge in [-0.25, -0.2) is 0 Å². The van der Waals surface area contributed by atoms with E-state index in [1.165, 1.54) is 12.1 Å². The number of nitrogens with one attached hydrogen (secondary N) is 1. The lowest BCUT2D eigenvalue weighted by atomic mass is 9.56. The summed E-state index contributed by atoms with van der Waals surface area (Å²) in [6.07, 6.45) is -0.589. The van der Waals surface area contributed by atoms with Gasteiger partial charge in [0.15, 0.2) is 17.1 Å². The molecule has 0 aromatic heterocycles. The van der Waals surface area contributed by atoms with Crippen molar-refractivity contribution in [3.63, 3.8) is 0 Å². The highest BCUT2D eigenvalue weighted by molar-refractivity contribution is 9.09. The molecule has 0 radical (unpaired) electrons. The zero-order valence-electron chi connectivity index (χ0n) is 19.8. The number of benzene rings is 1. The topological polar surface area (TPSA) is 207 Å². The van der Waals surface area contributed by atoms with Gasteiger partial charge in [-0.05, 0) is 30.4 Å². The molecule has 0 heterocycles. The van der Waals surface area contributed by atoms with Gasteiger partial charge in [0, 0.05) is 35.6 Å². The van der Waals surface area contributed by atoms with Crippen LogP contribution in [0, 0.1) is 11.8 Å². The number of hydrogen-bond acceptors (Lipinski definition) is 9. The maximum atomic E-state index is 13.6. The second kappa shape index (κ2) is 9.58. The first kappa shape index (κ1) is 26.8. The Kier molecular flexibility index (Phi) is 6.95. The van der Waals surface area contributed by atoms with Gasteiger partial charge in [-0.15, -0.1) is 0 Å². The van der Waals surface area contributed by atoms with Gasteiger partial charge < -0.3 is 36.6 Å². The number of amides is 2. The molecular formula is C25H27BrN2O9. The van der Waals surface area contributed by atoms with Crippen molar-refractivity contribution < 1.29 is 44.7 Å². The van der Waals surface area contributed by atoms with Crippen LogP contribution in [0.25, 0.3) is 0 Å². The lowest BCUT2D eigenvalue weighted by Crippen LogP contribution is -2.62. The minimum absolute atomic E-state index is 0.0350. The molecule has 2 unspecified atom stereocenters. The van der Waals surface area contributed by atoms with Crippen molar-refractivity contribution >= 4 is 45.0 Å². The van der Waals surface area contributed by atoms with Crippen LogP contribution in [0.4, 0.5) is 5.69 Å². The Morgan fingerprint density at radius 3 is 2.49 bits per heavy atom. The predicted octanol–water partition coefficient (Wildman–Crippen LogP) is 1.62. The SMILES string of the molecule is C[C@H]1c2ccc(NC(=O)CCCCBr)c(O)c2C(=O)C2=C(O)[C@]3(O)C(=O)C(C(N)=O)=C(O)CC3[C@@H](O)C21. The Morgan fingerprint density at radius 2 is 1.86 bits per heavy atom. The Bertz CT molecular complexity index is 1290. The number of anilines is 1. The van der Waals surface area contributed by atoms with Crippen LogP contribution in [-0.2, 0) is 14.4 Å². The van der Waals surface area contributed by atoms with Crippen molar-refractivity contribution in [3.8, 4) is 5.75 Å². The van der Waals surface area contributed by atoms with E-state index in [1.807, 2.05) is 0 Å². The molecule has 0 saturated heterocycles. The van der Waals surface area contributed by atoms with E-state index in [0.717, 1.165) is 11.8 Å². The summed E-state index contributed by atoms with van der Waals surface area (Å²) in [5, 5.41) is 58.2. The van der Waals surface area contributed by atoms with E-state index < -0.39 is 81.8 Å². The van der Waals surface area contributed by atoms with Gasteiger partial charge in [0.25, 0.3) is 5.91 Å². The maximum Gasteiger partial charge on any atom is 0.255 e.